The summed E-state index contributed by atoms with van der Waals surface area (Å²) in [5.74, 6) is 1.79. The van der Waals surface area contributed by atoms with Crippen molar-refractivity contribution in [3.8, 4) is 11.4 Å². The smallest absolute Gasteiger partial charge is 0.159 e. The number of imidazole rings is 1. The summed E-state index contributed by atoms with van der Waals surface area (Å²) in [5, 5.41) is 10.6. The summed E-state index contributed by atoms with van der Waals surface area (Å²) in [7, 11) is 1.93. The van der Waals surface area contributed by atoms with Gasteiger partial charge in [0.05, 0.1) is 0 Å². The number of likely N-dealkylation sites (tertiary alicyclic amines) is 1. The Kier molecular flexibility index (Phi) is 5.50. The number of aliphatic hydroxyl groups is 1. The minimum absolute atomic E-state index is 0.261. The van der Waals surface area contributed by atoms with Crippen molar-refractivity contribution < 1.29 is 5.11 Å². The second-order valence-electron chi connectivity index (χ2n) is 7.74. The molecule has 1 aliphatic rings. The summed E-state index contributed by atoms with van der Waals surface area (Å²) in [4.78, 5) is 15.8. The molecule has 3 heterocycles. The molecule has 1 aliphatic heterocycles. The van der Waals surface area contributed by atoms with E-state index in [4.69, 9.17) is 0 Å². The van der Waals surface area contributed by atoms with Crippen LogP contribution < -0.4 is 0 Å². The molecule has 6 heteroatoms. The lowest BCUT2D eigenvalue weighted by atomic mass is 9.90. The molecule has 1 saturated heterocycles. The highest BCUT2D eigenvalue weighted by Gasteiger charge is 2.28. The van der Waals surface area contributed by atoms with E-state index >= 15 is 0 Å². The van der Waals surface area contributed by atoms with Crippen molar-refractivity contribution in [2.75, 3.05) is 13.1 Å². The number of benzene rings is 1. The van der Waals surface area contributed by atoms with Gasteiger partial charge in [-0.1, -0.05) is 23.8 Å². The van der Waals surface area contributed by atoms with Crippen LogP contribution in [0.25, 0.3) is 11.4 Å². The van der Waals surface area contributed by atoms with Crippen LogP contribution in [0.2, 0.25) is 0 Å². The van der Waals surface area contributed by atoms with Crippen LogP contribution in [0.15, 0.2) is 49.1 Å². The van der Waals surface area contributed by atoms with E-state index in [1.54, 1.807) is 6.20 Å². The van der Waals surface area contributed by atoms with Gasteiger partial charge >= 0.3 is 0 Å². The molecule has 0 amide bonds. The summed E-state index contributed by atoms with van der Waals surface area (Å²) < 4.78 is 1.91. The number of aromatic nitrogens is 4. The third kappa shape index (κ3) is 4.13. The molecule has 1 atom stereocenters. The van der Waals surface area contributed by atoms with E-state index in [1.165, 1.54) is 5.56 Å². The lowest BCUT2D eigenvalue weighted by Crippen LogP contribution is -2.35. The summed E-state index contributed by atoms with van der Waals surface area (Å²) in [6.07, 6.45) is 8.94. The molecule has 2 aromatic heterocycles. The summed E-state index contributed by atoms with van der Waals surface area (Å²) >= 11 is 0. The van der Waals surface area contributed by atoms with Gasteiger partial charge in [-0.2, -0.15) is 0 Å². The van der Waals surface area contributed by atoms with E-state index in [0.717, 1.165) is 55.3 Å². The SMILES string of the molecule is Cc1cccc(-c2ncc(CN3CCC([C@@H](O)c4nccn4C)CC3)cn2)c1. The minimum atomic E-state index is -0.487. The first-order valence-electron chi connectivity index (χ1n) is 9.86. The first kappa shape index (κ1) is 18.8. The molecule has 28 heavy (non-hydrogen) atoms. The Morgan fingerprint density at radius 2 is 1.89 bits per heavy atom. The average Bonchev–Trinajstić information content (AvgIpc) is 3.14. The van der Waals surface area contributed by atoms with E-state index in [1.807, 2.05) is 42.3 Å². The predicted octanol–water partition coefficient (Wildman–Crippen LogP) is 3.13. The highest BCUT2D eigenvalue weighted by Crippen LogP contribution is 2.30. The molecule has 1 aromatic carbocycles. The molecule has 0 spiro atoms. The fourth-order valence-electron chi connectivity index (χ4n) is 3.93. The summed E-state index contributed by atoms with van der Waals surface area (Å²) in [6.45, 7) is 4.85. The topological polar surface area (TPSA) is 67.1 Å². The fourth-order valence-corrected chi connectivity index (χ4v) is 3.93. The number of piperidine rings is 1. The standard InChI is InChI=1S/C22H27N5O/c1-16-4-3-5-19(12-16)21-24-13-17(14-25-21)15-27-9-6-18(7-10-27)20(28)22-23-8-11-26(22)2/h3-5,8,11-14,18,20,28H,6-7,9-10,15H2,1-2H3/t20-/m1/s1. The molecule has 0 aliphatic carbocycles. The zero-order valence-corrected chi connectivity index (χ0v) is 16.5. The Labute approximate surface area is 165 Å². The maximum Gasteiger partial charge on any atom is 0.159 e. The van der Waals surface area contributed by atoms with Crippen molar-refractivity contribution >= 4 is 0 Å². The van der Waals surface area contributed by atoms with Crippen LogP contribution in [0.3, 0.4) is 0 Å². The van der Waals surface area contributed by atoms with E-state index in [-0.39, 0.29) is 5.92 Å². The minimum Gasteiger partial charge on any atom is -0.385 e. The Bertz CT molecular complexity index is 913. The number of hydrogen-bond donors (Lipinski definition) is 1. The molecule has 0 unspecified atom stereocenters. The molecular formula is C22H27N5O. The van der Waals surface area contributed by atoms with Gasteiger partial charge in [-0.3, -0.25) is 4.90 Å². The van der Waals surface area contributed by atoms with Crippen LogP contribution >= 0.6 is 0 Å². The molecule has 6 nitrogen and oxygen atoms in total. The molecule has 3 aromatic rings. The van der Waals surface area contributed by atoms with Gasteiger partial charge in [-0.05, 0) is 44.8 Å². The highest BCUT2D eigenvalue weighted by atomic mass is 16.3. The van der Waals surface area contributed by atoms with E-state index in [9.17, 15) is 5.11 Å². The fraction of sp³-hybridized carbons (Fsp3) is 0.409. The Morgan fingerprint density at radius 1 is 1.14 bits per heavy atom. The maximum atomic E-state index is 10.6. The van der Waals surface area contributed by atoms with Crippen LogP contribution in [0, 0.1) is 12.8 Å². The van der Waals surface area contributed by atoms with Crippen molar-refractivity contribution in [3.63, 3.8) is 0 Å². The summed E-state index contributed by atoms with van der Waals surface area (Å²) in [6, 6.07) is 8.25. The molecule has 0 saturated carbocycles. The van der Waals surface area contributed by atoms with E-state index in [2.05, 4.69) is 38.9 Å². The van der Waals surface area contributed by atoms with Gasteiger partial charge in [-0.15, -0.1) is 0 Å². The van der Waals surface area contributed by atoms with Gasteiger partial charge in [0.1, 0.15) is 11.9 Å². The quantitative estimate of drug-likeness (QED) is 0.740. The molecule has 0 radical (unpaired) electrons. The third-order valence-corrected chi connectivity index (χ3v) is 5.59. The van der Waals surface area contributed by atoms with Gasteiger partial charge < -0.3 is 9.67 Å². The molecule has 0 bridgehead atoms. The zero-order valence-electron chi connectivity index (χ0n) is 16.5. The van der Waals surface area contributed by atoms with Gasteiger partial charge in [-0.25, -0.2) is 15.0 Å². The number of hydrogen-bond acceptors (Lipinski definition) is 5. The van der Waals surface area contributed by atoms with E-state index < -0.39 is 6.10 Å². The first-order chi connectivity index (χ1) is 13.6. The Hall–Kier alpha value is -2.57. The second kappa shape index (κ2) is 8.20. The molecule has 1 fully saturated rings. The summed E-state index contributed by atoms with van der Waals surface area (Å²) in [5.41, 5.74) is 3.39. The molecule has 1 N–H and O–H groups in total. The third-order valence-electron chi connectivity index (χ3n) is 5.59. The lowest BCUT2D eigenvalue weighted by Gasteiger charge is -2.33. The van der Waals surface area contributed by atoms with Crippen LogP contribution in [0.4, 0.5) is 0 Å². The van der Waals surface area contributed by atoms with Crippen molar-refractivity contribution in [2.45, 2.75) is 32.4 Å². The molecule has 146 valence electrons. The first-order valence-corrected chi connectivity index (χ1v) is 9.86. The van der Waals surface area contributed by atoms with Crippen LogP contribution in [0.1, 0.15) is 35.9 Å². The van der Waals surface area contributed by atoms with Gasteiger partial charge in [0.25, 0.3) is 0 Å². The van der Waals surface area contributed by atoms with Crippen LogP contribution in [-0.4, -0.2) is 42.6 Å². The zero-order chi connectivity index (χ0) is 19.5. The van der Waals surface area contributed by atoms with Crippen molar-refractivity contribution in [2.24, 2.45) is 13.0 Å². The van der Waals surface area contributed by atoms with Crippen LogP contribution in [0.5, 0.6) is 0 Å². The molecule has 4 rings (SSSR count). The van der Waals surface area contributed by atoms with Crippen molar-refractivity contribution in [1.82, 2.24) is 24.4 Å². The highest BCUT2D eigenvalue weighted by molar-refractivity contribution is 5.55. The number of aryl methyl sites for hydroxylation is 2. The van der Waals surface area contributed by atoms with Crippen molar-refractivity contribution in [3.05, 3.63) is 66.0 Å². The number of aliphatic hydroxyl groups excluding tert-OH is 1. The Morgan fingerprint density at radius 3 is 2.54 bits per heavy atom. The predicted molar refractivity (Wildman–Crippen MR) is 108 cm³/mol. The normalized spacial score (nSPS) is 17.0. The monoisotopic (exact) mass is 377 g/mol. The molecular weight excluding hydrogens is 350 g/mol. The van der Waals surface area contributed by atoms with Crippen molar-refractivity contribution in [1.29, 1.82) is 0 Å². The number of nitrogens with zero attached hydrogens (tertiary/aromatic N) is 5. The van der Waals surface area contributed by atoms with Gasteiger partial charge in [0.2, 0.25) is 0 Å². The largest absolute Gasteiger partial charge is 0.385 e. The number of rotatable bonds is 5. The average molecular weight is 377 g/mol. The maximum absolute atomic E-state index is 10.6. The second-order valence-corrected chi connectivity index (χ2v) is 7.74. The van der Waals surface area contributed by atoms with Gasteiger partial charge in [0, 0.05) is 49.5 Å². The van der Waals surface area contributed by atoms with Crippen LogP contribution in [-0.2, 0) is 13.6 Å². The Balaban J connectivity index is 1.33. The van der Waals surface area contributed by atoms with Gasteiger partial charge in [0.15, 0.2) is 5.82 Å². The lowest BCUT2D eigenvalue weighted by molar-refractivity contribution is 0.0491. The van der Waals surface area contributed by atoms with E-state index in [0.29, 0.717) is 0 Å².